The Morgan fingerprint density at radius 3 is 1.83 bits per heavy atom. The van der Waals surface area contributed by atoms with Gasteiger partial charge in [-0.05, 0) is 42.9 Å². The predicted molar refractivity (Wildman–Crippen MR) is 53.1 cm³/mol. The molecule has 0 aromatic carbocycles. The summed E-state index contributed by atoms with van der Waals surface area (Å²) >= 11 is 0. The Kier molecular flexibility index (Phi) is 2.18. The highest BCUT2D eigenvalue weighted by Gasteiger charge is 2.41. The first-order valence-electron chi connectivity index (χ1n) is 5.72. The number of hydrogen-bond acceptors (Lipinski definition) is 0. The van der Waals surface area contributed by atoms with E-state index >= 15 is 0 Å². The molecule has 0 aromatic rings. The van der Waals surface area contributed by atoms with Gasteiger partial charge in [0, 0.05) is 0 Å². The van der Waals surface area contributed by atoms with Crippen molar-refractivity contribution in [3.8, 4) is 0 Å². The fourth-order valence-corrected chi connectivity index (χ4v) is 3.56. The van der Waals surface area contributed by atoms with Crippen LogP contribution in [-0.4, -0.2) is 0 Å². The molecule has 0 aromatic heterocycles. The molecular weight excluding hydrogens is 144 g/mol. The lowest BCUT2D eigenvalue weighted by atomic mass is 9.72. The van der Waals surface area contributed by atoms with Crippen molar-refractivity contribution in [2.75, 3.05) is 0 Å². The zero-order valence-electron chi connectivity index (χ0n) is 8.60. The maximum absolute atomic E-state index is 2.45. The molecule has 0 aliphatic heterocycles. The standard InChI is InChI=1S/C12H22/c1-10-8-12(9-11(10)2)6-4-3-5-7-12/h10-11H,3-9H2,1-2H3. The van der Waals surface area contributed by atoms with Gasteiger partial charge in [-0.1, -0.05) is 33.1 Å². The highest BCUT2D eigenvalue weighted by molar-refractivity contribution is 4.92. The van der Waals surface area contributed by atoms with Gasteiger partial charge in [-0.15, -0.1) is 0 Å². The van der Waals surface area contributed by atoms with Crippen LogP contribution in [0, 0.1) is 17.3 Å². The first-order valence-corrected chi connectivity index (χ1v) is 5.72. The van der Waals surface area contributed by atoms with Crippen molar-refractivity contribution in [1.82, 2.24) is 0 Å². The summed E-state index contributed by atoms with van der Waals surface area (Å²) in [5.41, 5.74) is 0.817. The summed E-state index contributed by atoms with van der Waals surface area (Å²) in [4.78, 5) is 0. The van der Waals surface area contributed by atoms with E-state index < -0.39 is 0 Å². The van der Waals surface area contributed by atoms with Crippen molar-refractivity contribution in [3.05, 3.63) is 0 Å². The summed E-state index contributed by atoms with van der Waals surface area (Å²) in [6, 6.07) is 0. The Bertz CT molecular complexity index is 141. The molecule has 2 aliphatic carbocycles. The van der Waals surface area contributed by atoms with Crippen molar-refractivity contribution in [2.45, 2.75) is 58.8 Å². The second-order valence-corrected chi connectivity index (χ2v) is 5.42. The van der Waals surface area contributed by atoms with Crippen molar-refractivity contribution < 1.29 is 0 Å². The van der Waals surface area contributed by atoms with E-state index in [0.29, 0.717) is 0 Å². The maximum atomic E-state index is 2.45. The third-order valence-electron chi connectivity index (χ3n) is 4.40. The molecule has 1 spiro atoms. The van der Waals surface area contributed by atoms with E-state index in [1.807, 2.05) is 0 Å². The molecule has 2 atom stereocenters. The minimum absolute atomic E-state index is 0.817. The van der Waals surface area contributed by atoms with Gasteiger partial charge in [-0.25, -0.2) is 0 Å². The van der Waals surface area contributed by atoms with Crippen LogP contribution in [0.2, 0.25) is 0 Å². The third-order valence-corrected chi connectivity index (χ3v) is 4.40. The normalized spacial score (nSPS) is 40.5. The average molecular weight is 166 g/mol. The molecule has 0 amide bonds. The van der Waals surface area contributed by atoms with Crippen LogP contribution >= 0.6 is 0 Å². The van der Waals surface area contributed by atoms with Crippen molar-refractivity contribution in [3.63, 3.8) is 0 Å². The smallest absolute Gasteiger partial charge is 0.0292 e. The summed E-state index contributed by atoms with van der Waals surface area (Å²) in [5.74, 6) is 2.01. The molecule has 0 bridgehead atoms. The fourth-order valence-electron chi connectivity index (χ4n) is 3.56. The van der Waals surface area contributed by atoms with Crippen LogP contribution in [0.3, 0.4) is 0 Å². The maximum Gasteiger partial charge on any atom is -0.0292 e. The van der Waals surface area contributed by atoms with Gasteiger partial charge in [-0.2, -0.15) is 0 Å². The van der Waals surface area contributed by atoms with Gasteiger partial charge in [0.15, 0.2) is 0 Å². The van der Waals surface area contributed by atoms with Crippen LogP contribution in [0.5, 0.6) is 0 Å². The fraction of sp³-hybridized carbons (Fsp3) is 1.00. The van der Waals surface area contributed by atoms with Gasteiger partial charge in [0.25, 0.3) is 0 Å². The van der Waals surface area contributed by atoms with Gasteiger partial charge in [0.1, 0.15) is 0 Å². The molecule has 0 nitrogen and oxygen atoms in total. The predicted octanol–water partition coefficient (Wildman–Crippen LogP) is 4.00. The molecule has 2 unspecified atom stereocenters. The topological polar surface area (TPSA) is 0 Å². The highest BCUT2D eigenvalue weighted by atomic mass is 14.5. The molecule has 0 radical (unpaired) electrons. The third kappa shape index (κ3) is 1.41. The molecule has 2 saturated carbocycles. The van der Waals surface area contributed by atoms with Gasteiger partial charge in [0.2, 0.25) is 0 Å². The number of hydrogen-bond donors (Lipinski definition) is 0. The Balaban J connectivity index is 2.02. The van der Waals surface area contributed by atoms with E-state index in [4.69, 9.17) is 0 Å². The second-order valence-electron chi connectivity index (χ2n) is 5.42. The van der Waals surface area contributed by atoms with E-state index in [0.717, 1.165) is 17.3 Å². The molecule has 2 aliphatic rings. The van der Waals surface area contributed by atoms with E-state index in [9.17, 15) is 0 Å². The molecule has 12 heavy (non-hydrogen) atoms. The van der Waals surface area contributed by atoms with Crippen LogP contribution < -0.4 is 0 Å². The second kappa shape index (κ2) is 3.05. The van der Waals surface area contributed by atoms with Gasteiger partial charge in [0.05, 0.1) is 0 Å². The van der Waals surface area contributed by atoms with Crippen molar-refractivity contribution in [2.24, 2.45) is 17.3 Å². The van der Waals surface area contributed by atoms with Crippen molar-refractivity contribution >= 4 is 0 Å². The summed E-state index contributed by atoms with van der Waals surface area (Å²) < 4.78 is 0. The molecule has 70 valence electrons. The Morgan fingerprint density at radius 1 is 0.833 bits per heavy atom. The molecule has 0 saturated heterocycles. The van der Waals surface area contributed by atoms with Gasteiger partial charge < -0.3 is 0 Å². The van der Waals surface area contributed by atoms with Crippen LogP contribution in [-0.2, 0) is 0 Å². The van der Waals surface area contributed by atoms with Crippen LogP contribution in [0.1, 0.15) is 58.8 Å². The zero-order valence-corrected chi connectivity index (χ0v) is 8.60. The zero-order chi connectivity index (χ0) is 8.60. The molecule has 2 fully saturated rings. The van der Waals surface area contributed by atoms with Crippen LogP contribution in [0.4, 0.5) is 0 Å². The lowest BCUT2D eigenvalue weighted by Crippen LogP contribution is -2.20. The first kappa shape index (κ1) is 8.59. The highest BCUT2D eigenvalue weighted by Crippen LogP contribution is 2.53. The molecular formula is C12H22. The van der Waals surface area contributed by atoms with Gasteiger partial charge >= 0.3 is 0 Å². The molecule has 0 N–H and O–H groups in total. The Labute approximate surface area is 76.7 Å². The quantitative estimate of drug-likeness (QED) is 0.510. The largest absolute Gasteiger partial charge is 0.0622 e. The van der Waals surface area contributed by atoms with Crippen LogP contribution in [0.25, 0.3) is 0 Å². The number of rotatable bonds is 0. The monoisotopic (exact) mass is 166 g/mol. The van der Waals surface area contributed by atoms with E-state index in [-0.39, 0.29) is 0 Å². The summed E-state index contributed by atoms with van der Waals surface area (Å²) in [5, 5.41) is 0. The van der Waals surface area contributed by atoms with Crippen molar-refractivity contribution in [1.29, 1.82) is 0 Å². The Hall–Kier alpha value is 0. The Morgan fingerprint density at radius 2 is 1.33 bits per heavy atom. The average Bonchev–Trinajstić information content (AvgIpc) is 2.29. The van der Waals surface area contributed by atoms with Gasteiger partial charge in [-0.3, -0.25) is 0 Å². The lowest BCUT2D eigenvalue weighted by Gasteiger charge is -2.33. The van der Waals surface area contributed by atoms with E-state index in [1.54, 1.807) is 12.8 Å². The minimum Gasteiger partial charge on any atom is -0.0622 e. The first-order chi connectivity index (χ1) is 5.72. The van der Waals surface area contributed by atoms with E-state index in [2.05, 4.69) is 13.8 Å². The van der Waals surface area contributed by atoms with Crippen LogP contribution in [0.15, 0.2) is 0 Å². The summed E-state index contributed by atoms with van der Waals surface area (Å²) in [7, 11) is 0. The summed E-state index contributed by atoms with van der Waals surface area (Å²) in [6.07, 6.45) is 10.7. The summed E-state index contributed by atoms with van der Waals surface area (Å²) in [6.45, 7) is 4.90. The lowest BCUT2D eigenvalue weighted by molar-refractivity contribution is 0.187. The molecule has 0 heteroatoms. The molecule has 0 heterocycles. The SMILES string of the molecule is CC1CC2(CCCCC2)CC1C. The molecule has 2 rings (SSSR count). The van der Waals surface area contributed by atoms with E-state index in [1.165, 1.54) is 32.1 Å². The minimum atomic E-state index is 0.817.